The van der Waals surface area contributed by atoms with Gasteiger partial charge in [-0.05, 0) is 41.8 Å². The molecular formula is C22H27N3O2. The highest BCUT2D eigenvalue weighted by atomic mass is 16.5. The van der Waals surface area contributed by atoms with E-state index in [2.05, 4.69) is 45.4 Å². The molecule has 0 atom stereocenters. The van der Waals surface area contributed by atoms with Gasteiger partial charge in [-0.15, -0.1) is 0 Å². The van der Waals surface area contributed by atoms with Crippen LogP contribution < -0.4 is 10.2 Å². The number of hydrogen-bond donors (Lipinski definition) is 1. The van der Waals surface area contributed by atoms with Crippen LogP contribution in [-0.4, -0.2) is 56.7 Å². The summed E-state index contributed by atoms with van der Waals surface area (Å²) in [6.07, 6.45) is 0.891. The van der Waals surface area contributed by atoms with Gasteiger partial charge in [0.05, 0.1) is 13.2 Å². The summed E-state index contributed by atoms with van der Waals surface area (Å²) < 4.78 is 5.45. The third-order valence-corrected chi connectivity index (χ3v) is 5.45. The largest absolute Gasteiger partial charge is 0.376 e. The van der Waals surface area contributed by atoms with Crippen molar-refractivity contribution < 1.29 is 9.53 Å². The van der Waals surface area contributed by atoms with E-state index >= 15 is 0 Å². The Hall–Kier alpha value is -2.37. The fourth-order valence-electron chi connectivity index (χ4n) is 3.80. The molecule has 0 spiro atoms. The third kappa shape index (κ3) is 4.49. The number of ether oxygens (including phenoxy) is 1. The highest BCUT2D eigenvalue weighted by Gasteiger charge is 2.17. The molecule has 1 N–H and O–H groups in total. The Bertz CT molecular complexity index is 770. The van der Waals surface area contributed by atoms with E-state index in [0.717, 1.165) is 51.3 Å². The molecule has 1 amide bonds. The number of rotatable bonds is 5. The standard InChI is InChI=1S/C22H27N3O2/c26-22(19-6-7-20-17-27-15-8-18(20)16-19)23-9-10-24-11-13-25(14-12-24)21-4-2-1-3-5-21/h1-7,16H,8-15,17H2,(H,23,26). The first-order chi connectivity index (χ1) is 13.3. The normalized spacial score (nSPS) is 17.4. The van der Waals surface area contributed by atoms with E-state index in [4.69, 9.17) is 4.74 Å². The molecule has 0 aromatic heterocycles. The third-order valence-electron chi connectivity index (χ3n) is 5.45. The van der Waals surface area contributed by atoms with Crippen molar-refractivity contribution in [1.29, 1.82) is 0 Å². The minimum atomic E-state index is 0.0206. The lowest BCUT2D eigenvalue weighted by Crippen LogP contribution is -2.48. The van der Waals surface area contributed by atoms with Crippen molar-refractivity contribution in [2.45, 2.75) is 13.0 Å². The van der Waals surface area contributed by atoms with Crippen molar-refractivity contribution in [2.75, 3.05) is 50.8 Å². The first kappa shape index (κ1) is 18.0. The zero-order valence-corrected chi connectivity index (χ0v) is 15.7. The summed E-state index contributed by atoms with van der Waals surface area (Å²) >= 11 is 0. The number of carbonyl (C=O) groups excluding carboxylic acids is 1. The minimum absolute atomic E-state index is 0.0206. The maximum Gasteiger partial charge on any atom is 0.251 e. The van der Waals surface area contributed by atoms with Crippen LogP contribution in [-0.2, 0) is 17.8 Å². The summed E-state index contributed by atoms with van der Waals surface area (Å²) in [4.78, 5) is 17.3. The quantitative estimate of drug-likeness (QED) is 0.883. The Morgan fingerprint density at radius 3 is 2.63 bits per heavy atom. The average Bonchev–Trinajstić information content (AvgIpc) is 2.74. The number of nitrogens with zero attached hydrogens (tertiary/aromatic N) is 2. The van der Waals surface area contributed by atoms with Gasteiger partial charge in [0.2, 0.25) is 0 Å². The summed E-state index contributed by atoms with van der Waals surface area (Å²) in [5, 5.41) is 3.07. The molecule has 0 unspecified atom stereocenters. The van der Waals surface area contributed by atoms with E-state index < -0.39 is 0 Å². The Balaban J connectivity index is 1.22. The topological polar surface area (TPSA) is 44.8 Å². The van der Waals surface area contributed by atoms with E-state index in [0.29, 0.717) is 13.2 Å². The monoisotopic (exact) mass is 365 g/mol. The van der Waals surface area contributed by atoms with Crippen LogP contribution >= 0.6 is 0 Å². The van der Waals surface area contributed by atoms with E-state index in [9.17, 15) is 4.79 Å². The number of hydrogen-bond acceptors (Lipinski definition) is 4. The number of benzene rings is 2. The van der Waals surface area contributed by atoms with Crippen molar-refractivity contribution in [1.82, 2.24) is 10.2 Å². The van der Waals surface area contributed by atoms with E-state index in [1.807, 2.05) is 18.2 Å². The highest BCUT2D eigenvalue weighted by molar-refractivity contribution is 5.94. The Labute approximate surface area is 160 Å². The Morgan fingerprint density at radius 1 is 1.00 bits per heavy atom. The van der Waals surface area contributed by atoms with Crippen LogP contribution in [0.15, 0.2) is 48.5 Å². The SMILES string of the molecule is O=C(NCCN1CCN(c2ccccc2)CC1)c1ccc2c(c1)CCOC2. The summed E-state index contributed by atoms with van der Waals surface area (Å²) in [6, 6.07) is 16.5. The van der Waals surface area contributed by atoms with E-state index in [1.54, 1.807) is 0 Å². The number of carbonyl (C=O) groups is 1. The second-order valence-corrected chi connectivity index (χ2v) is 7.21. The van der Waals surface area contributed by atoms with Crippen LogP contribution in [0.25, 0.3) is 0 Å². The van der Waals surface area contributed by atoms with Crippen LogP contribution in [0, 0.1) is 0 Å². The van der Waals surface area contributed by atoms with Crippen molar-refractivity contribution in [3.63, 3.8) is 0 Å². The lowest BCUT2D eigenvalue weighted by molar-refractivity contribution is 0.0945. The Morgan fingerprint density at radius 2 is 1.81 bits per heavy atom. The van der Waals surface area contributed by atoms with Gasteiger partial charge in [-0.25, -0.2) is 0 Å². The number of anilines is 1. The first-order valence-electron chi connectivity index (χ1n) is 9.80. The predicted molar refractivity (Wildman–Crippen MR) is 107 cm³/mol. The number of fused-ring (bicyclic) bond motifs is 1. The first-order valence-corrected chi connectivity index (χ1v) is 9.80. The summed E-state index contributed by atoms with van der Waals surface area (Å²) in [5.74, 6) is 0.0206. The lowest BCUT2D eigenvalue weighted by Gasteiger charge is -2.36. The van der Waals surface area contributed by atoms with Gasteiger partial charge in [-0.3, -0.25) is 9.69 Å². The lowest BCUT2D eigenvalue weighted by atomic mass is 10.00. The minimum Gasteiger partial charge on any atom is -0.376 e. The molecule has 0 bridgehead atoms. The zero-order chi connectivity index (χ0) is 18.5. The molecule has 2 aliphatic heterocycles. The molecule has 27 heavy (non-hydrogen) atoms. The second-order valence-electron chi connectivity index (χ2n) is 7.21. The molecule has 2 aromatic rings. The van der Waals surface area contributed by atoms with E-state index in [1.165, 1.54) is 16.8 Å². The molecular weight excluding hydrogens is 338 g/mol. The van der Waals surface area contributed by atoms with Gasteiger partial charge < -0.3 is 15.0 Å². The van der Waals surface area contributed by atoms with Crippen molar-refractivity contribution >= 4 is 11.6 Å². The molecule has 1 fully saturated rings. The maximum absolute atomic E-state index is 12.4. The van der Waals surface area contributed by atoms with Crippen LogP contribution in [0.3, 0.4) is 0 Å². The summed E-state index contributed by atoms with van der Waals surface area (Å²) in [7, 11) is 0. The molecule has 0 aliphatic carbocycles. The van der Waals surface area contributed by atoms with Crippen molar-refractivity contribution in [2.24, 2.45) is 0 Å². The summed E-state index contributed by atoms with van der Waals surface area (Å²) in [6.45, 7) is 7.11. The number of piperazine rings is 1. The molecule has 5 nitrogen and oxygen atoms in total. The average molecular weight is 365 g/mol. The highest BCUT2D eigenvalue weighted by Crippen LogP contribution is 2.18. The molecule has 2 aliphatic rings. The second kappa shape index (κ2) is 8.55. The fraction of sp³-hybridized carbons (Fsp3) is 0.409. The molecule has 5 heteroatoms. The molecule has 4 rings (SSSR count). The summed E-state index contributed by atoms with van der Waals surface area (Å²) in [5.41, 5.74) is 4.49. The number of nitrogens with one attached hydrogen (secondary N) is 1. The zero-order valence-electron chi connectivity index (χ0n) is 15.7. The van der Waals surface area contributed by atoms with Crippen LogP contribution in [0.5, 0.6) is 0 Å². The van der Waals surface area contributed by atoms with Crippen molar-refractivity contribution in [3.8, 4) is 0 Å². The van der Waals surface area contributed by atoms with Gasteiger partial charge in [0, 0.05) is 50.5 Å². The predicted octanol–water partition coefficient (Wildman–Crippen LogP) is 2.31. The van der Waals surface area contributed by atoms with Crippen LogP contribution in [0.1, 0.15) is 21.5 Å². The smallest absolute Gasteiger partial charge is 0.251 e. The van der Waals surface area contributed by atoms with Gasteiger partial charge in [0.15, 0.2) is 0 Å². The van der Waals surface area contributed by atoms with Gasteiger partial charge >= 0.3 is 0 Å². The van der Waals surface area contributed by atoms with Gasteiger partial charge in [-0.2, -0.15) is 0 Å². The van der Waals surface area contributed by atoms with E-state index in [-0.39, 0.29) is 5.91 Å². The van der Waals surface area contributed by atoms with Crippen LogP contribution in [0.4, 0.5) is 5.69 Å². The molecule has 1 saturated heterocycles. The maximum atomic E-state index is 12.4. The van der Waals surface area contributed by atoms with Gasteiger partial charge in [-0.1, -0.05) is 24.3 Å². The van der Waals surface area contributed by atoms with Gasteiger partial charge in [0.1, 0.15) is 0 Å². The fourth-order valence-corrected chi connectivity index (χ4v) is 3.80. The van der Waals surface area contributed by atoms with Crippen molar-refractivity contribution in [3.05, 3.63) is 65.2 Å². The molecule has 0 radical (unpaired) electrons. The number of para-hydroxylation sites is 1. The molecule has 0 saturated carbocycles. The number of amides is 1. The Kier molecular flexibility index (Phi) is 5.70. The van der Waals surface area contributed by atoms with Gasteiger partial charge in [0.25, 0.3) is 5.91 Å². The molecule has 2 aromatic carbocycles. The molecule has 2 heterocycles. The molecule has 142 valence electrons. The van der Waals surface area contributed by atoms with Crippen LogP contribution in [0.2, 0.25) is 0 Å².